The molecule has 0 heterocycles. The van der Waals surface area contributed by atoms with Crippen LogP contribution in [0.15, 0.2) is 24.3 Å². The van der Waals surface area contributed by atoms with Gasteiger partial charge in [-0.05, 0) is 44.9 Å². The highest BCUT2D eigenvalue weighted by molar-refractivity contribution is 8.46. The van der Waals surface area contributed by atoms with Gasteiger partial charge >= 0.3 is 6.57 Å². The first-order valence-corrected chi connectivity index (χ1v) is 18.3. The number of hydrogen-bond donors (Lipinski definition) is 7. The molecule has 2 unspecified atom stereocenters. The average molecular weight is 725 g/mol. The van der Waals surface area contributed by atoms with E-state index >= 15 is 0 Å². The molecule has 276 valence electrons. The van der Waals surface area contributed by atoms with Crippen molar-refractivity contribution in [1.82, 2.24) is 20.9 Å². The van der Waals surface area contributed by atoms with Gasteiger partial charge in [-0.1, -0.05) is 24.4 Å². The highest BCUT2D eigenvalue weighted by atomic mass is 32.7. The molecule has 1 aromatic rings. The highest BCUT2D eigenvalue weighted by Crippen LogP contribution is 2.62. The number of ether oxygens (including phenoxy) is 3. The van der Waals surface area contributed by atoms with E-state index in [-0.39, 0.29) is 98.6 Å². The molecule has 0 fully saturated rings. The van der Waals surface area contributed by atoms with E-state index in [0.29, 0.717) is 11.3 Å². The Kier molecular flexibility index (Phi) is 22.5. The van der Waals surface area contributed by atoms with Crippen molar-refractivity contribution >= 4 is 36.5 Å². The number of thiol groups is 1. The molecule has 0 aliphatic rings. The summed E-state index contributed by atoms with van der Waals surface area (Å²) >= 11 is 4.26. The Labute approximate surface area is 287 Å². The van der Waals surface area contributed by atoms with Crippen molar-refractivity contribution in [1.29, 1.82) is 0 Å². The number of hydrogen-bond acceptors (Lipinski definition) is 14. The second-order valence-electron chi connectivity index (χ2n) is 11.3. The molecule has 17 nitrogen and oxygen atoms in total. The largest absolute Gasteiger partial charge is 0.436 e. The topological polar surface area (TPSA) is 235 Å². The molecule has 0 aromatic heterocycles. The van der Waals surface area contributed by atoms with Crippen molar-refractivity contribution in [2.45, 2.75) is 38.4 Å². The maximum absolute atomic E-state index is 13.6. The molecule has 0 radical (unpaired) electrons. The van der Waals surface area contributed by atoms with E-state index in [9.17, 15) is 18.9 Å². The van der Waals surface area contributed by atoms with E-state index in [1.54, 1.807) is 45.0 Å². The first-order valence-electron chi connectivity index (χ1n) is 15.5. The van der Waals surface area contributed by atoms with Crippen molar-refractivity contribution in [3.8, 4) is 5.75 Å². The number of rotatable bonds is 27. The van der Waals surface area contributed by atoms with Gasteiger partial charge < -0.3 is 49.5 Å². The summed E-state index contributed by atoms with van der Waals surface area (Å²) in [6.07, 6.45) is 0.104. The quantitative estimate of drug-likeness (QED) is 0.0259. The van der Waals surface area contributed by atoms with Gasteiger partial charge in [0.25, 0.3) is 0 Å². The van der Waals surface area contributed by atoms with Crippen LogP contribution in [0.3, 0.4) is 0 Å². The zero-order valence-electron chi connectivity index (χ0n) is 28.0. The number of nitrogens with one attached hydrogen (secondary N) is 3. The Morgan fingerprint density at radius 2 is 1.29 bits per heavy atom. The predicted octanol–water partition coefficient (Wildman–Crippen LogP) is -0.629. The number of aliphatic hydroxyl groups is 1. The van der Waals surface area contributed by atoms with Crippen LogP contribution in [0.4, 0.5) is 0 Å². The van der Waals surface area contributed by atoms with Crippen molar-refractivity contribution < 1.29 is 52.5 Å². The number of carbonyl (C=O) groups is 3. The van der Waals surface area contributed by atoms with Gasteiger partial charge in [-0.25, -0.2) is 11.8 Å². The molecule has 0 saturated heterocycles. The molecule has 1 aromatic carbocycles. The minimum Gasteiger partial charge on any atom is -0.436 e. The molecule has 19 heteroatoms. The van der Waals surface area contributed by atoms with E-state index in [4.69, 9.17) is 35.6 Å². The number of carbonyl (C=O) groups excluding carboxylic acids is 3. The number of benzene rings is 1. The molecule has 48 heavy (non-hydrogen) atoms. The summed E-state index contributed by atoms with van der Waals surface area (Å²) in [5.41, 5.74) is 0.681. The number of nitrogens with zero attached hydrogens (tertiary/aromatic N) is 1. The van der Waals surface area contributed by atoms with E-state index in [0.717, 1.165) is 0 Å². The molecular weight excluding hydrogens is 671 g/mol. The molecule has 8 N–H and O–H groups in total. The first-order chi connectivity index (χ1) is 22.8. The fraction of sp³-hybridized carbons (Fsp3) is 0.690. The van der Waals surface area contributed by atoms with Gasteiger partial charge in [-0.3, -0.25) is 23.8 Å². The van der Waals surface area contributed by atoms with Crippen molar-refractivity contribution in [3.05, 3.63) is 29.8 Å². The summed E-state index contributed by atoms with van der Waals surface area (Å²) in [6, 6.07) is 5.68. The van der Waals surface area contributed by atoms with Gasteiger partial charge in [-0.2, -0.15) is 0 Å². The van der Waals surface area contributed by atoms with Crippen LogP contribution in [-0.4, -0.2) is 131 Å². The number of aliphatic hydroxyl groups excluding tert-OH is 1. The van der Waals surface area contributed by atoms with Gasteiger partial charge in [0.1, 0.15) is 5.75 Å². The third kappa shape index (κ3) is 19.0. The SMILES string of the molecule is CC(C)(C)P(=O)(S)Oc1ccc(CC(C(=O)NCCOCCO)N(CC(=O)NCCOCCON)CC(=O)NCCOCCON)cc1. The lowest BCUT2D eigenvalue weighted by Gasteiger charge is -2.30. The zero-order valence-corrected chi connectivity index (χ0v) is 29.8. The maximum Gasteiger partial charge on any atom is 0.305 e. The summed E-state index contributed by atoms with van der Waals surface area (Å²) in [7, 11) is 0. The van der Waals surface area contributed by atoms with Crippen LogP contribution in [0.25, 0.3) is 0 Å². The predicted molar refractivity (Wildman–Crippen MR) is 181 cm³/mol. The number of amides is 3. The normalized spacial score (nSPS) is 13.5. The first kappa shape index (κ1) is 43.7. The standard InChI is InChI=1S/C29H53N6O11PS/c1-29(2,3)47(40,48)46-24-6-4-23(5-7-24)20-25(28(39)34-10-14-41-15-11-36)35(21-26(37)32-8-12-42-16-18-44-30)22-27(38)33-9-13-43-17-19-45-31/h4-7,25,36H,8-22,30-31H2,1-3H3,(H,32,37)(H,33,38)(H,34,39)(H,40,48). The smallest absolute Gasteiger partial charge is 0.305 e. The maximum atomic E-state index is 13.6. The molecule has 0 aliphatic carbocycles. The van der Waals surface area contributed by atoms with Crippen LogP contribution >= 0.6 is 18.8 Å². The zero-order chi connectivity index (χ0) is 35.8. The Balaban J connectivity index is 3.17. The van der Waals surface area contributed by atoms with Crippen LogP contribution in [0.2, 0.25) is 0 Å². The Bertz CT molecular complexity index is 1080. The van der Waals surface area contributed by atoms with Crippen LogP contribution in [0.5, 0.6) is 5.75 Å². The fourth-order valence-electron chi connectivity index (χ4n) is 3.81. The lowest BCUT2D eigenvalue weighted by Crippen LogP contribution is -2.54. The summed E-state index contributed by atoms with van der Waals surface area (Å²) < 4.78 is 34.5. The van der Waals surface area contributed by atoms with Crippen molar-refractivity contribution in [2.75, 3.05) is 92.2 Å². The van der Waals surface area contributed by atoms with Gasteiger partial charge in [-0.15, -0.1) is 0 Å². The van der Waals surface area contributed by atoms with Crippen LogP contribution in [-0.2, 0) is 49.3 Å². The molecule has 0 saturated carbocycles. The van der Waals surface area contributed by atoms with Crippen LogP contribution < -0.4 is 32.3 Å². The Hall–Kier alpha value is -2.35. The fourth-order valence-corrected chi connectivity index (χ4v) is 4.77. The highest BCUT2D eigenvalue weighted by Gasteiger charge is 2.36. The summed E-state index contributed by atoms with van der Waals surface area (Å²) in [4.78, 5) is 49.9. The molecule has 3 amide bonds. The monoisotopic (exact) mass is 724 g/mol. The lowest BCUT2D eigenvalue weighted by molar-refractivity contribution is -0.131. The van der Waals surface area contributed by atoms with E-state index in [1.807, 2.05) is 0 Å². The minimum absolute atomic E-state index is 0.104. The Morgan fingerprint density at radius 1 is 0.812 bits per heavy atom. The van der Waals surface area contributed by atoms with E-state index in [1.165, 1.54) is 4.90 Å². The summed E-state index contributed by atoms with van der Waals surface area (Å²) in [5.74, 6) is 8.96. The summed E-state index contributed by atoms with van der Waals surface area (Å²) in [5, 5.41) is 16.5. The van der Waals surface area contributed by atoms with E-state index in [2.05, 4.69) is 37.9 Å². The van der Waals surface area contributed by atoms with Crippen molar-refractivity contribution in [3.63, 3.8) is 0 Å². The van der Waals surface area contributed by atoms with Gasteiger partial charge in [0, 0.05) is 19.6 Å². The molecule has 0 aliphatic heterocycles. The minimum atomic E-state index is -3.30. The Morgan fingerprint density at radius 3 is 1.75 bits per heavy atom. The van der Waals surface area contributed by atoms with Crippen LogP contribution in [0, 0.1) is 0 Å². The third-order valence-corrected chi connectivity index (χ3v) is 10.7. The van der Waals surface area contributed by atoms with Crippen molar-refractivity contribution in [2.24, 2.45) is 11.8 Å². The third-order valence-electron chi connectivity index (χ3n) is 6.48. The van der Waals surface area contributed by atoms with Gasteiger partial charge in [0.05, 0.1) is 83.7 Å². The lowest BCUT2D eigenvalue weighted by atomic mass is 10.0. The number of nitrogens with two attached hydrogens (primary N) is 2. The second-order valence-corrected chi connectivity index (χ2v) is 15.5. The molecule has 0 bridgehead atoms. The van der Waals surface area contributed by atoms with Gasteiger partial charge in [0.2, 0.25) is 17.7 Å². The van der Waals surface area contributed by atoms with Crippen LogP contribution in [0.1, 0.15) is 26.3 Å². The molecule has 0 spiro atoms. The van der Waals surface area contributed by atoms with Gasteiger partial charge in [0.15, 0.2) is 0 Å². The molecular formula is C29H53N6O11PS. The summed E-state index contributed by atoms with van der Waals surface area (Å²) in [6.45, 7) is 3.29. The second kappa shape index (κ2) is 24.7. The van der Waals surface area contributed by atoms with E-state index < -0.39 is 35.5 Å². The molecule has 2 atom stereocenters. The average Bonchev–Trinajstić information content (AvgIpc) is 3.02. The molecule has 1 rings (SSSR count).